The van der Waals surface area contributed by atoms with E-state index < -0.39 is 41.6 Å². The molecule has 10 heteroatoms. The van der Waals surface area contributed by atoms with Crippen molar-refractivity contribution in [2.24, 2.45) is 4.36 Å². The molecule has 0 fully saturated rings. The number of amides is 1. The van der Waals surface area contributed by atoms with Crippen LogP contribution >= 0.6 is 7.29 Å². The van der Waals surface area contributed by atoms with Gasteiger partial charge in [-0.1, -0.05) is 36.4 Å². The van der Waals surface area contributed by atoms with Crippen LogP contribution in [0.2, 0.25) is 0 Å². The summed E-state index contributed by atoms with van der Waals surface area (Å²) in [6.07, 6.45) is -5.65. The highest BCUT2D eigenvalue weighted by molar-refractivity contribution is 7.93. The second-order valence-corrected chi connectivity index (χ2v) is 12.1. The van der Waals surface area contributed by atoms with Crippen LogP contribution in [-0.2, 0) is 19.1 Å². The van der Waals surface area contributed by atoms with Gasteiger partial charge in [0, 0.05) is 28.5 Å². The zero-order valence-electron chi connectivity index (χ0n) is 16.0. The van der Waals surface area contributed by atoms with E-state index in [0.29, 0.717) is 10.6 Å². The molecular formula is C20H22F3N2O3PS. The normalized spacial score (nSPS) is 22.5. The largest absolute Gasteiger partial charge is 0.389 e. The maximum Gasteiger partial charge on any atom is 0.389 e. The Kier molecular flexibility index (Phi) is 6.84. The molecule has 1 aliphatic heterocycles. The van der Waals surface area contributed by atoms with Crippen LogP contribution in [-0.4, -0.2) is 33.8 Å². The molecule has 0 bridgehead atoms. The summed E-state index contributed by atoms with van der Waals surface area (Å²) in [6.45, 7) is 0. The second kappa shape index (κ2) is 9.04. The molecule has 30 heavy (non-hydrogen) atoms. The van der Waals surface area contributed by atoms with Gasteiger partial charge in [-0.25, -0.2) is 9.30 Å². The fraction of sp³-hybridized carbons (Fsp3) is 0.350. The van der Waals surface area contributed by atoms with Crippen molar-refractivity contribution in [3.05, 3.63) is 60.7 Å². The van der Waals surface area contributed by atoms with Crippen LogP contribution in [0.3, 0.4) is 0 Å². The maximum atomic E-state index is 14.0. The van der Waals surface area contributed by atoms with Crippen molar-refractivity contribution in [3.8, 4) is 0 Å². The lowest BCUT2D eigenvalue weighted by Crippen LogP contribution is -2.43. The molecule has 0 spiro atoms. The van der Waals surface area contributed by atoms with Crippen LogP contribution in [0, 0.1) is 0 Å². The SMILES string of the molecule is O=C1N=S(=O)(CCCC(F)(F)F)CCC1NP(=O)(c1ccccc1)c1ccccc1. The highest BCUT2D eigenvalue weighted by Crippen LogP contribution is 2.40. The van der Waals surface area contributed by atoms with Crippen LogP contribution in [0.25, 0.3) is 0 Å². The van der Waals surface area contributed by atoms with Gasteiger partial charge in [-0.2, -0.15) is 17.5 Å². The predicted octanol–water partition coefficient (Wildman–Crippen LogP) is 3.61. The number of rotatable bonds is 7. The summed E-state index contributed by atoms with van der Waals surface area (Å²) in [6, 6.07) is 16.4. The standard InChI is InChI=1S/C20H22F3N2O3PS/c21-20(22,23)13-7-14-30(28)15-12-18(19(26)25-30)24-29(27,16-8-3-1-4-9-16)17-10-5-2-6-11-17/h1-6,8-11,18H,7,12-15H2,(H,24,27). The van der Waals surface area contributed by atoms with Gasteiger partial charge in [0.15, 0.2) is 0 Å². The van der Waals surface area contributed by atoms with Crippen molar-refractivity contribution in [1.82, 2.24) is 5.09 Å². The van der Waals surface area contributed by atoms with Crippen molar-refractivity contribution in [3.63, 3.8) is 0 Å². The molecule has 0 radical (unpaired) electrons. The highest BCUT2D eigenvalue weighted by Gasteiger charge is 2.36. The number of hydrogen-bond donors (Lipinski definition) is 1. The zero-order chi connectivity index (χ0) is 21.8. The minimum Gasteiger partial charge on any atom is -0.297 e. The van der Waals surface area contributed by atoms with E-state index in [1.165, 1.54) is 0 Å². The summed E-state index contributed by atoms with van der Waals surface area (Å²) in [5, 5.41) is 3.97. The molecule has 0 saturated carbocycles. The van der Waals surface area contributed by atoms with E-state index in [1.807, 2.05) is 0 Å². The quantitative estimate of drug-likeness (QED) is 0.644. The second-order valence-electron chi connectivity index (χ2n) is 7.08. The Labute approximate surface area is 173 Å². The lowest BCUT2D eigenvalue weighted by molar-refractivity contribution is -0.134. The Morgan fingerprint density at radius 1 is 1.03 bits per heavy atom. The number of hydrogen-bond acceptors (Lipinski definition) is 3. The van der Waals surface area contributed by atoms with Gasteiger partial charge in [-0.05, 0) is 37.1 Å². The fourth-order valence-electron chi connectivity index (χ4n) is 3.26. The van der Waals surface area contributed by atoms with Crippen molar-refractivity contribution >= 4 is 33.5 Å². The molecule has 162 valence electrons. The van der Waals surface area contributed by atoms with E-state index in [-0.39, 0.29) is 24.3 Å². The third-order valence-corrected chi connectivity index (χ3v) is 9.82. The van der Waals surface area contributed by atoms with Gasteiger partial charge in [0.05, 0.1) is 15.8 Å². The lowest BCUT2D eigenvalue weighted by atomic mass is 10.2. The van der Waals surface area contributed by atoms with Gasteiger partial charge in [0.25, 0.3) is 5.91 Å². The summed E-state index contributed by atoms with van der Waals surface area (Å²) >= 11 is 0. The Bertz CT molecular complexity index is 1010. The van der Waals surface area contributed by atoms with Crippen LogP contribution < -0.4 is 15.7 Å². The third kappa shape index (κ3) is 5.59. The van der Waals surface area contributed by atoms with Gasteiger partial charge < -0.3 is 0 Å². The van der Waals surface area contributed by atoms with E-state index in [2.05, 4.69) is 9.45 Å². The van der Waals surface area contributed by atoms with Crippen molar-refractivity contribution in [2.75, 3.05) is 11.5 Å². The first-order valence-corrected chi connectivity index (χ1v) is 13.0. The summed E-state index contributed by atoms with van der Waals surface area (Å²) in [5.41, 5.74) is 0. The summed E-state index contributed by atoms with van der Waals surface area (Å²) in [5.74, 6) is -1.02. The van der Waals surface area contributed by atoms with Crippen molar-refractivity contribution in [2.45, 2.75) is 31.5 Å². The minimum absolute atomic E-state index is 0.0160. The van der Waals surface area contributed by atoms with Gasteiger partial charge in [-0.15, -0.1) is 0 Å². The molecule has 1 N–H and O–H groups in total. The smallest absolute Gasteiger partial charge is 0.297 e. The van der Waals surface area contributed by atoms with Gasteiger partial charge in [0.1, 0.15) is 0 Å². The number of carbonyl (C=O) groups is 1. The highest BCUT2D eigenvalue weighted by atomic mass is 32.2. The number of halogens is 3. The number of nitrogens with zero attached hydrogens (tertiary/aromatic N) is 1. The number of nitrogens with one attached hydrogen (secondary N) is 1. The molecule has 2 aromatic carbocycles. The summed E-state index contributed by atoms with van der Waals surface area (Å²) in [7, 11) is -6.42. The average Bonchev–Trinajstić information content (AvgIpc) is 2.70. The molecular weight excluding hydrogens is 436 g/mol. The van der Waals surface area contributed by atoms with Crippen molar-refractivity contribution < 1.29 is 26.7 Å². The fourth-order valence-corrected chi connectivity index (χ4v) is 7.76. The molecule has 0 saturated heterocycles. The minimum atomic E-state index is -4.34. The van der Waals surface area contributed by atoms with E-state index in [9.17, 15) is 26.7 Å². The monoisotopic (exact) mass is 458 g/mol. The van der Waals surface area contributed by atoms with E-state index >= 15 is 0 Å². The Morgan fingerprint density at radius 3 is 2.03 bits per heavy atom. The first kappa shape index (κ1) is 22.7. The predicted molar refractivity (Wildman–Crippen MR) is 112 cm³/mol. The Hall–Kier alpha value is -1.96. The van der Waals surface area contributed by atoms with E-state index in [1.54, 1.807) is 60.7 Å². The van der Waals surface area contributed by atoms with Gasteiger partial charge in [-0.3, -0.25) is 9.36 Å². The van der Waals surface area contributed by atoms with Gasteiger partial charge >= 0.3 is 6.18 Å². The summed E-state index contributed by atoms with van der Waals surface area (Å²) < 4.78 is 67.4. The topological polar surface area (TPSA) is 75.6 Å². The lowest BCUT2D eigenvalue weighted by Gasteiger charge is -2.28. The average molecular weight is 458 g/mol. The molecule has 1 heterocycles. The van der Waals surface area contributed by atoms with Crippen molar-refractivity contribution in [1.29, 1.82) is 0 Å². The number of carbonyl (C=O) groups excluding carboxylic acids is 1. The van der Waals surface area contributed by atoms with Gasteiger partial charge in [0.2, 0.25) is 7.29 Å². The molecule has 2 unspecified atom stereocenters. The first-order chi connectivity index (χ1) is 14.1. The molecule has 2 atom stereocenters. The van der Waals surface area contributed by atoms with Crippen LogP contribution in [0.15, 0.2) is 65.0 Å². The summed E-state index contributed by atoms with van der Waals surface area (Å²) in [4.78, 5) is 12.6. The number of benzene rings is 2. The molecule has 5 nitrogen and oxygen atoms in total. The number of alkyl halides is 3. The molecule has 0 aliphatic carbocycles. The van der Waals surface area contributed by atoms with E-state index in [0.717, 1.165) is 0 Å². The third-order valence-electron chi connectivity index (χ3n) is 4.78. The van der Waals surface area contributed by atoms with Crippen LogP contribution in [0.1, 0.15) is 19.3 Å². The molecule has 1 amide bonds. The van der Waals surface area contributed by atoms with E-state index in [4.69, 9.17) is 0 Å². The molecule has 1 aliphatic rings. The Morgan fingerprint density at radius 2 is 1.57 bits per heavy atom. The molecule has 2 aromatic rings. The Balaban J connectivity index is 1.82. The van der Waals surface area contributed by atoms with Crippen LogP contribution in [0.4, 0.5) is 13.2 Å². The van der Waals surface area contributed by atoms with Crippen LogP contribution in [0.5, 0.6) is 0 Å². The first-order valence-electron chi connectivity index (χ1n) is 9.44. The molecule has 0 aromatic heterocycles. The maximum absolute atomic E-state index is 14.0. The zero-order valence-corrected chi connectivity index (χ0v) is 17.8. The molecule has 3 rings (SSSR count).